The lowest BCUT2D eigenvalue weighted by Crippen LogP contribution is -2.14. The van der Waals surface area contributed by atoms with E-state index in [1.54, 1.807) is 30.3 Å². The van der Waals surface area contributed by atoms with Crippen molar-refractivity contribution in [3.63, 3.8) is 0 Å². The van der Waals surface area contributed by atoms with Gasteiger partial charge in [0, 0.05) is 14.9 Å². The number of carbonyl (C=O) groups excluding carboxylic acids is 1. The van der Waals surface area contributed by atoms with Gasteiger partial charge in [0.05, 0.1) is 11.4 Å². The Morgan fingerprint density at radius 3 is 2.35 bits per heavy atom. The summed E-state index contributed by atoms with van der Waals surface area (Å²) in [4.78, 5) is 13.3. The molecule has 3 aromatic carbocycles. The van der Waals surface area contributed by atoms with Gasteiger partial charge in [0.25, 0.3) is 0 Å². The molecular formula is C20H15Cl2NO2S. The number of rotatable bonds is 6. The molecule has 0 bridgehead atoms. The summed E-state index contributed by atoms with van der Waals surface area (Å²) in [5.74, 6) is 1.33. The van der Waals surface area contributed by atoms with Crippen LogP contribution in [-0.4, -0.2) is 11.7 Å². The molecule has 1 N–H and O–H groups in total. The molecule has 3 aromatic rings. The van der Waals surface area contributed by atoms with Crippen molar-refractivity contribution in [3.8, 4) is 11.5 Å². The zero-order chi connectivity index (χ0) is 18.4. The Morgan fingerprint density at radius 2 is 1.62 bits per heavy atom. The van der Waals surface area contributed by atoms with Crippen LogP contribution < -0.4 is 10.1 Å². The summed E-state index contributed by atoms with van der Waals surface area (Å²) < 4.78 is 5.85. The van der Waals surface area contributed by atoms with E-state index in [4.69, 9.17) is 27.9 Å². The molecule has 1 amide bonds. The highest BCUT2D eigenvalue weighted by Gasteiger charge is 2.10. The Kier molecular flexibility index (Phi) is 6.45. The van der Waals surface area contributed by atoms with Gasteiger partial charge in [0.1, 0.15) is 5.75 Å². The Bertz CT molecular complexity index is 886. The first-order valence-corrected chi connectivity index (χ1v) is 9.55. The van der Waals surface area contributed by atoms with Gasteiger partial charge in [0.2, 0.25) is 5.91 Å². The minimum absolute atomic E-state index is 0.148. The summed E-state index contributed by atoms with van der Waals surface area (Å²) >= 11 is 13.4. The summed E-state index contributed by atoms with van der Waals surface area (Å²) in [7, 11) is 0. The van der Waals surface area contributed by atoms with Crippen molar-refractivity contribution in [1.29, 1.82) is 0 Å². The second-order valence-corrected chi connectivity index (χ2v) is 7.27. The maximum atomic E-state index is 12.3. The van der Waals surface area contributed by atoms with Gasteiger partial charge in [-0.3, -0.25) is 4.79 Å². The smallest absolute Gasteiger partial charge is 0.234 e. The molecular weight excluding hydrogens is 389 g/mol. The van der Waals surface area contributed by atoms with Crippen LogP contribution in [0, 0.1) is 0 Å². The van der Waals surface area contributed by atoms with Gasteiger partial charge in [-0.1, -0.05) is 41.4 Å². The Hall–Kier alpha value is -2.14. The van der Waals surface area contributed by atoms with Crippen LogP contribution in [0.3, 0.4) is 0 Å². The van der Waals surface area contributed by atoms with Gasteiger partial charge in [-0.15, -0.1) is 11.8 Å². The van der Waals surface area contributed by atoms with Crippen LogP contribution in [0.15, 0.2) is 77.7 Å². The van der Waals surface area contributed by atoms with Crippen molar-refractivity contribution in [2.75, 3.05) is 11.1 Å². The van der Waals surface area contributed by atoms with Gasteiger partial charge < -0.3 is 10.1 Å². The number of benzene rings is 3. The van der Waals surface area contributed by atoms with Crippen LogP contribution in [0.2, 0.25) is 10.0 Å². The van der Waals surface area contributed by atoms with E-state index in [2.05, 4.69) is 5.32 Å². The summed E-state index contributed by atoms with van der Waals surface area (Å²) in [6.45, 7) is 0. The number of carbonyl (C=O) groups is 1. The number of hydrogen-bond donors (Lipinski definition) is 1. The third kappa shape index (κ3) is 5.43. The molecule has 0 aromatic heterocycles. The maximum Gasteiger partial charge on any atom is 0.234 e. The van der Waals surface area contributed by atoms with Gasteiger partial charge in [-0.2, -0.15) is 0 Å². The van der Waals surface area contributed by atoms with E-state index in [-0.39, 0.29) is 11.7 Å². The van der Waals surface area contributed by atoms with Crippen molar-refractivity contribution in [1.82, 2.24) is 0 Å². The summed E-state index contributed by atoms with van der Waals surface area (Å²) in [6, 6.07) is 21.8. The monoisotopic (exact) mass is 403 g/mol. The zero-order valence-electron chi connectivity index (χ0n) is 13.6. The molecule has 0 fully saturated rings. The topological polar surface area (TPSA) is 38.3 Å². The van der Waals surface area contributed by atoms with Crippen LogP contribution in [0.4, 0.5) is 5.69 Å². The third-order valence-corrected chi connectivity index (χ3v) is 4.87. The lowest BCUT2D eigenvalue weighted by molar-refractivity contribution is -0.113. The highest BCUT2D eigenvalue weighted by molar-refractivity contribution is 8.00. The average molecular weight is 404 g/mol. The highest BCUT2D eigenvalue weighted by atomic mass is 35.5. The molecule has 0 aliphatic heterocycles. The molecule has 3 rings (SSSR count). The Morgan fingerprint density at radius 1 is 0.923 bits per heavy atom. The number of ether oxygens (including phenoxy) is 1. The first-order chi connectivity index (χ1) is 12.6. The molecule has 0 atom stereocenters. The summed E-state index contributed by atoms with van der Waals surface area (Å²) in [5, 5.41) is 4.04. The molecule has 0 saturated carbocycles. The Labute approximate surface area is 166 Å². The Balaban J connectivity index is 1.67. The molecule has 6 heteroatoms. The number of anilines is 1. The summed E-state index contributed by atoms with van der Waals surface area (Å²) in [5.41, 5.74) is 0.531. The molecule has 0 saturated heterocycles. The molecule has 132 valence electrons. The first kappa shape index (κ1) is 18.6. The maximum absolute atomic E-state index is 12.3. The first-order valence-electron chi connectivity index (χ1n) is 7.81. The standard InChI is InChI=1S/C20H15Cl2NO2S/c21-14-6-9-17(10-7-14)26-13-20(24)23-18-12-15(22)8-11-19(18)25-16-4-2-1-3-5-16/h1-12H,13H2,(H,23,24). The largest absolute Gasteiger partial charge is 0.455 e. The van der Waals surface area contributed by atoms with Crippen molar-refractivity contribution in [2.45, 2.75) is 4.90 Å². The normalized spacial score (nSPS) is 10.4. The second-order valence-electron chi connectivity index (χ2n) is 5.35. The minimum Gasteiger partial charge on any atom is -0.455 e. The van der Waals surface area contributed by atoms with E-state index in [0.717, 1.165) is 4.90 Å². The van der Waals surface area contributed by atoms with Crippen LogP contribution >= 0.6 is 35.0 Å². The number of para-hydroxylation sites is 1. The molecule has 0 heterocycles. The lowest BCUT2D eigenvalue weighted by atomic mass is 10.3. The third-order valence-electron chi connectivity index (χ3n) is 3.37. The number of hydrogen-bond acceptors (Lipinski definition) is 3. The predicted molar refractivity (Wildman–Crippen MR) is 109 cm³/mol. The molecule has 0 aliphatic carbocycles. The SMILES string of the molecule is O=C(CSc1ccc(Cl)cc1)Nc1cc(Cl)ccc1Oc1ccccc1. The molecule has 0 unspecified atom stereocenters. The van der Waals surface area contributed by atoms with Crippen molar-refractivity contribution < 1.29 is 9.53 Å². The fourth-order valence-corrected chi connectivity index (χ4v) is 3.17. The fraction of sp³-hybridized carbons (Fsp3) is 0.0500. The highest BCUT2D eigenvalue weighted by Crippen LogP contribution is 2.32. The van der Waals surface area contributed by atoms with E-state index in [1.807, 2.05) is 42.5 Å². The molecule has 0 spiro atoms. The van der Waals surface area contributed by atoms with Gasteiger partial charge in [0.15, 0.2) is 5.75 Å². The fourth-order valence-electron chi connectivity index (χ4n) is 2.17. The zero-order valence-corrected chi connectivity index (χ0v) is 15.9. The van der Waals surface area contributed by atoms with Crippen LogP contribution in [0.5, 0.6) is 11.5 Å². The van der Waals surface area contributed by atoms with Crippen LogP contribution in [-0.2, 0) is 4.79 Å². The van der Waals surface area contributed by atoms with Gasteiger partial charge in [-0.05, 0) is 54.6 Å². The molecule has 0 radical (unpaired) electrons. The van der Waals surface area contributed by atoms with Crippen molar-refractivity contribution in [3.05, 3.63) is 82.8 Å². The number of nitrogens with one attached hydrogen (secondary N) is 1. The average Bonchev–Trinajstić information content (AvgIpc) is 2.64. The van der Waals surface area contributed by atoms with Gasteiger partial charge >= 0.3 is 0 Å². The number of halogens is 2. The predicted octanol–water partition coefficient (Wildman–Crippen LogP) is 6.52. The van der Waals surface area contributed by atoms with E-state index >= 15 is 0 Å². The molecule has 0 aliphatic rings. The molecule has 3 nitrogen and oxygen atoms in total. The van der Waals surface area contributed by atoms with Crippen LogP contribution in [0.25, 0.3) is 0 Å². The second kappa shape index (κ2) is 8.99. The van der Waals surface area contributed by atoms with Crippen LogP contribution in [0.1, 0.15) is 0 Å². The van der Waals surface area contributed by atoms with E-state index < -0.39 is 0 Å². The van der Waals surface area contributed by atoms with Crippen molar-refractivity contribution >= 4 is 46.6 Å². The van der Waals surface area contributed by atoms with E-state index in [9.17, 15) is 4.79 Å². The van der Waals surface area contributed by atoms with E-state index in [1.165, 1.54) is 11.8 Å². The number of amides is 1. The van der Waals surface area contributed by atoms with Crippen molar-refractivity contribution in [2.24, 2.45) is 0 Å². The van der Waals surface area contributed by atoms with Gasteiger partial charge in [-0.25, -0.2) is 0 Å². The minimum atomic E-state index is -0.148. The number of thioether (sulfide) groups is 1. The lowest BCUT2D eigenvalue weighted by Gasteiger charge is -2.13. The quantitative estimate of drug-likeness (QED) is 0.476. The van der Waals surface area contributed by atoms with E-state index in [0.29, 0.717) is 27.2 Å². The molecule has 26 heavy (non-hydrogen) atoms. The summed E-state index contributed by atoms with van der Waals surface area (Å²) in [6.07, 6.45) is 0.